The predicted octanol–water partition coefficient (Wildman–Crippen LogP) is 1.61. The minimum atomic E-state index is -0.251. The molecule has 0 saturated heterocycles. The van der Waals surface area contributed by atoms with Gasteiger partial charge in [-0.2, -0.15) is 5.10 Å². The summed E-state index contributed by atoms with van der Waals surface area (Å²) in [6.07, 6.45) is 3.17. The predicted molar refractivity (Wildman–Crippen MR) is 78.5 cm³/mol. The first-order valence-corrected chi connectivity index (χ1v) is 7.59. The van der Waals surface area contributed by atoms with Crippen molar-refractivity contribution in [1.82, 2.24) is 20.1 Å². The molecular weight excluding hydrogens is 256 g/mol. The summed E-state index contributed by atoms with van der Waals surface area (Å²) in [4.78, 5) is 4.34. The summed E-state index contributed by atoms with van der Waals surface area (Å²) in [5.74, 6) is 0.963. The van der Waals surface area contributed by atoms with Crippen molar-refractivity contribution in [1.29, 1.82) is 0 Å². The maximum absolute atomic E-state index is 5.72. The van der Waals surface area contributed by atoms with Crippen LogP contribution in [0.25, 0.3) is 0 Å². The largest absolute Gasteiger partial charge is 0.351 e. The Labute approximate surface area is 121 Å². The van der Waals surface area contributed by atoms with Crippen molar-refractivity contribution in [3.63, 3.8) is 0 Å². The molecule has 0 amide bonds. The van der Waals surface area contributed by atoms with Gasteiger partial charge in [-0.25, -0.2) is 4.98 Å². The number of ether oxygens (including phenoxy) is 2. The van der Waals surface area contributed by atoms with Crippen molar-refractivity contribution in [2.45, 2.75) is 59.4 Å². The lowest BCUT2D eigenvalue weighted by molar-refractivity contribution is -0.154. The molecule has 6 nitrogen and oxygen atoms in total. The van der Waals surface area contributed by atoms with E-state index in [9.17, 15) is 0 Å². The Morgan fingerprint density at radius 3 is 2.45 bits per heavy atom. The summed E-state index contributed by atoms with van der Waals surface area (Å²) in [5.41, 5.74) is 0. The molecule has 0 aliphatic heterocycles. The Bertz CT molecular complexity index is 351. The molecule has 1 unspecified atom stereocenters. The van der Waals surface area contributed by atoms with E-state index < -0.39 is 0 Å². The zero-order valence-corrected chi connectivity index (χ0v) is 13.1. The number of aromatic nitrogens is 3. The Hall–Kier alpha value is -0.980. The van der Waals surface area contributed by atoms with Crippen molar-refractivity contribution in [2.75, 3.05) is 19.8 Å². The Kier molecular flexibility index (Phi) is 8.41. The van der Waals surface area contributed by atoms with Crippen molar-refractivity contribution < 1.29 is 9.47 Å². The highest BCUT2D eigenvalue weighted by Crippen LogP contribution is 2.09. The lowest BCUT2D eigenvalue weighted by Gasteiger charge is -2.27. The van der Waals surface area contributed by atoms with E-state index >= 15 is 0 Å². The summed E-state index contributed by atoms with van der Waals surface area (Å²) in [6, 6.07) is 0.0874. The highest BCUT2D eigenvalue weighted by atomic mass is 16.7. The molecule has 0 aromatic carbocycles. The first-order valence-electron chi connectivity index (χ1n) is 7.59. The molecule has 1 rings (SSSR count). The van der Waals surface area contributed by atoms with Crippen LogP contribution in [0.3, 0.4) is 0 Å². The van der Waals surface area contributed by atoms with Gasteiger partial charge in [0.25, 0.3) is 0 Å². The van der Waals surface area contributed by atoms with E-state index in [0.717, 1.165) is 31.8 Å². The third kappa shape index (κ3) is 5.19. The molecule has 20 heavy (non-hydrogen) atoms. The number of aryl methyl sites for hydroxylation is 1. The van der Waals surface area contributed by atoms with Gasteiger partial charge in [0, 0.05) is 26.2 Å². The maximum atomic E-state index is 5.72. The van der Waals surface area contributed by atoms with Gasteiger partial charge >= 0.3 is 0 Å². The van der Waals surface area contributed by atoms with Gasteiger partial charge in [-0.1, -0.05) is 6.92 Å². The fraction of sp³-hybridized carbons (Fsp3) is 0.857. The first kappa shape index (κ1) is 17.1. The average Bonchev–Trinajstić information content (AvgIpc) is 2.90. The second-order valence-electron chi connectivity index (χ2n) is 4.54. The standard InChI is InChI=1S/C14H28N4O2/c1-5-9-15-12(14(19-7-3)20-8-4)10-13-16-11-17-18(13)6-2/h11-12,14-15H,5-10H2,1-4H3. The molecular formula is C14H28N4O2. The third-order valence-electron chi connectivity index (χ3n) is 3.04. The number of nitrogens with one attached hydrogen (secondary N) is 1. The minimum absolute atomic E-state index is 0.0874. The van der Waals surface area contributed by atoms with E-state index in [-0.39, 0.29) is 12.3 Å². The molecule has 0 radical (unpaired) electrons. The molecule has 0 aliphatic rings. The SMILES string of the molecule is CCCNC(Cc1ncnn1CC)C(OCC)OCC. The fourth-order valence-corrected chi connectivity index (χ4v) is 2.11. The monoisotopic (exact) mass is 284 g/mol. The van der Waals surface area contributed by atoms with Crippen molar-refractivity contribution in [3.8, 4) is 0 Å². The number of nitrogens with zero attached hydrogens (tertiary/aromatic N) is 3. The zero-order valence-electron chi connectivity index (χ0n) is 13.1. The van der Waals surface area contributed by atoms with Gasteiger partial charge in [0.15, 0.2) is 6.29 Å². The van der Waals surface area contributed by atoms with Crippen LogP contribution in [0.4, 0.5) is 0 Å². The minimum Gasteiger partial charge on any atom is -0.351 e. The average molecular weight is 284 g/mol. The molecule has 0 spiro atoms. The molecule has 0 fully saturated rings. The zero-order chi connectivity index (χ0) is 14.8. The third-order valence-corrected chi connectivity index (χ3v) is 3.04. The van der Waals surface area contributed by atoms with Crippen LogP contribution in [-0.4, -0.2) is 46.9 Å². The second-order valence-corrected chi connectivity index (χ2v) is 4.54. The van der Waals surface area contributed by atoms with E-state index in [1.807, 2.05) is 18.5 Å². The quantitative estimate of drug-likeness (QED) is 0.626. The molecule has 1 atom stereocenters. The Morgan fingerprint density at radius 1 is 1.20 bits per heavy atom. The number of hydrogen-bond donors (Lipinski definition) is 1. The second kappa shape index (κ2) is 9.85. The van der Waals surface area contributed by atoms with E-state index in [1.165, 1.54) is 0 Å². The van der Waals surface area contributed by atoms with Gasteiger partial charge < -0.3 is 14.8 Å². The Balaban J connectivity index is 2.75. The lowest BCUT2D eigenvalue weighted by Crippen LogP contribution is -2.45. The summed E-state index contributed by atoms with van der Waals surface area (Å²) in [5, 5.41) is 7.71. The summed E-state index contributed by atoms with van der Waals surface area (Å²) in [7, 11) is 0. The van der Waals surface area contributed by atoms with Crippen LogP contribution in [0, 0.1) is 0 Å². The van der Waals surface area contributed by atoms with Gasteiger partial charge in [-0.05, 0) is 33.7 Å². The summed E-state index contributed by atoms with van der Waals surface area (Å²) < 4.78 is 13.4. The van der Waals surface area contributed by atoms with Crippen molar-refractivity contribution >= 4 is 0 Å². The highest BCUT2D eigenvalue weighted by molar-refractivity contribution is 4.91. The fourth-order valence-electron chi connectivity index (χ4n) is 2.11. The number of hydrogen-bond acceptors (Lipinski definition) is 5. The van der Waals surface area contributed by atoms with E-state index in [1.54, 1.807) is 6.33 Å². The molecule has 0 saturated carbocycles. The van der Waals surface area contributed by atoms with Crippen LogP contribution < -0.4 is 5.32 Å². The van der Waals surface area contributed by atoms with Crippen LogP contribution in [-0.2, 0) is 22.4 Å². The molecule has 1 N–H and O–H groups in total. The molecule has 0 aliphatic carbocycles. The molecule has 1 aromatic heterocycles. The normalized spacial score (nSPS) is 13.1. The van der Waals surface area contributed by atoms with Gasteiger partial charge in [0.1, 0.15) is 12.2 Å². The number of rotatable bonds is 11. The van der Waals surface area contributed by atoms with Crippen LogP contribution in [0.15, 0.2) is 6.33 Å². The van der Waals surface area contributed by atoms with Gasteiger partial charge in [-0.3, -0.25) is 4.68 Å². The van der Waals surface area contributed by atoms with Gasteiger partial charge in [0.2, 0.25) is 0 Å². The van der Waals surface area contributed by atoms with Crippen LogP contribution in [0.2, 0.25) is 0 Å². The lowest BCUT2D eigenvalue weighted by atomic mass is 10.1. The topological polar surface area (TPSA) is 61.2 Å². The smallest absolute Gasteiger partial charge is 0.173 e. The maximum Gasteiger partial charge on any atom is 0.173 e. The summed E-state index contributed by atoms with van der Waals surface area (Å²) in [6.45, 7) is 11.2. The summed E-state index contributed by atoms with van der Waals surface area (Å²) >= 11 is 0. The molecule has 1 heterocycles. The molecule has 0 bridgehead atoms. The van der Waals surface area contributed by atoms with Gasteiger partial charge in [-0.15, -0.1) is 0 Å². The van der Waals surface area contributed by atoms with Crippen LogP contribution in [0.5, 0.6) is 0 Å². The van der Waals surface area contributed by atoms with E-state index in [4.69, 9.17) is 9.47 Å². The molecule has 1 aromatic rings. The Morgan fingerprint density at radius 2 is 1.90 bits per heavy atom. The molecule has 116 valence electrons. The van der Waals surface area contributed by atoms with Crippen molar-refractivity contribution in [3.05, 3.63) is 12.2 Å². The van der Waals surface area contributed by atoms with Crippen LogP contribution in [0.1, 0.15) is 39.9 Å². The van der Waals surface area contributed by atoms with E-state index in [2.05, 4.69) is 29.2 Å². The van der Waals surface area contributed by atoms with Crippen LogP contribution >= 0.6 is 0 Å². The molecule has 6 heteroatoms. The van der Waals surface area contributed by atoms with Gasteiger partial charge in [0.05, 0.1) is 6.04 Å². The van der Waals surface area contributed by atoms with E-state index in [0.29, 0.717) is 13.2 Å². The van der Waals surface area contributed by atoms with Crippen molar-refractivity contribution in [2.24, 2.45) is 0 Å². The first-order chi connectivity index (χ1) is 9.76. The highest BCUT2D eigenvalue weighted by Gasteiger charge is 2.24.